The Hall–Kier alpha value is -3.38. The number of ether oxygens (including phenoxy) is 2. The van der Waals surface area contributed by atoms with E-state index in [1.54, 1.807) is 16.7 Å². The molecule has 0 saturated heterocycles. The second-order valence-electron chi connectivity index (χ2n) is 7.05. The third-order valence-corrected chi connectivity index (χ3v) is 5.43. The maximum absolute atomic E-state index is 12.5. The molecular formula is C21H25N5O5S2. The normalized spacial score (nSPS) is 11.1. The Bertz CT molecular complexity index is 1280. The summed E-state index contributed by atoms with van der Waals surface area (Å²) in [7, 11) is -2.05. The van der Waals surface area contributed by atoms with Crippen LogP contribution in [0.4, 0.5) is 11.4 Å². The Morgan fingerprint density at radius 2 is 1.94 bits per heavy atom. The Morgan fingerprint density at radius 1 is 1.21 bits per heavy atom. The standard InChI is InChI=1S/C21H25N5O5S2/c1-4-31-16-8-5-14(6-9-16)20-23-24-21(32)26(20)12-11-19(27)22-15-7-10-17(18(13-15)30-2)25-33(3,28)29/h5-10,13,25H,4,11-12H2,1-3H3,(H,22,27)(H,24,32). The van der Waals surface area contributed by atoms with Crippen LogP contribution in [0.25, 0.3) is 11.4 Å². The summed E-state index contributed by atoms with van der Waals surface area (Å²) in [5.41, 5.74) is 1.59. The average molecular weight is 492 g/mol. The molecule has 0 spiro atoms. The number of amides is 1. The Labute approximate surface area is 197 Å². The number of rotatable bonds is 10. The van der Waals surface area contributed by atoms with Crippen LogP contribution in [0.5, 0.6) is 11.5 Å². The first-order valence-corrected chi connectivity index (χ1v) is 12.3. The van der Waals surface area contributed by atoms with Gasteiger partial charge in [-0.15, -0.1) is 0 Å². The first-order valence-electron chi connectivity index (χ1n) is 10.0. The van der Waals surface area contributed by atoms with E-state index in [0.29, 0.717) is 29.4 Å². The van der Waals surface area contributed by atoms with E-state index in [-0.39, 0.29) is 23.8 Å². The van der Waals surface area contributed by atoms with Gasteiger partial charge < -0.3 is 14.8 Å². The van der Waals surface area contributed by atoms with Crippen LogP contribution in [0, 0.1) is 4.77 Å². The minimum absolute atomic E-state index is 0.142. The summed E-state index contributed by atoms with van der Waals surface area (Å²) in [6, 6.07) is 12.1. The second kappa shape index (κ2) is 10.5. The van der Waals surface area contributed by atoms with Crippen LogP contribution in [0.2, 0.25) is 0 Å². The van der Waals surface area contributed by atoms with E-state index in [9.17, 15) is 13.2 Å². The lowest BCUT2D eigenvalue weighted by Crippen LogP contribution is -2.15. The molecule has 0 saturated carbocycles. The van der Waals surface area contributed by atoms with Gasteiger partial charge >= 0.3 is 0 Å². The van der Waals surface area contributed by atoms with E-state index >= 15 is 0 Å². The van der Waals surface area contributed by atoms with Crippen molar-refractivity contribution in [2.45, 2.75) is 19.9 Å². The highest BCUT2D eigenvalue weighted by atomic mass is 32.2. The predicted octanol–water partition coefficient (Wildman–Crippen LogP) is 3.42. The van der Waals surface area contributed by atoms with Crippen LogP contribution in [-0.2, 0) is 21.4 Å². The van der Waals surface area contributed by atoms with Crippen molar-refractivity contribution in [2.24, 2.45) is 0 Å². The molecular weight excluding hydrogens is 466 g/mol. The minimum atomic E-state index is -3.46. The van der Waals surface area contributed by atoms with Crippen LogP contribution in [-0.4, -0.2) is 49.1 Å². The zero-order chi connectivity index (χ0) is 24.0. The van der Waals surface area contributed by atoms with Gasteiger partial charge in [-0.1, -0.05) is 0 Å². The van der Waals surface area contributed by atoms with Crippen molar-refractivity contribution in [3.05, 3.63) is 47.2 Å². The maximum Gasteiger partial charge on any atom is 0.229 e. The van der Waals surface area contributed by atoms with Crippen LogP contribution >= 0.6 is 12.2 Å². The van der Waals surface area contributed by atoms with Gasteiger partial charge in [0.25, 0.3) is 0 Å². The van der Waals surface area contributed by atoms with Gasteiger partial charge in [0.15, 0.2) is 10.6 Å². The van der Waals surface area contributed by atoms with Gasteiger partial charge in [-0.3, -0.25) is 19.2 Å². The van der Waals surface area contributed by atoms with Crippen molar-refractivity contribution in [3.8, 4) is 22.9 Å². The van der Waals surface area contributed by atoms with Crippen molar-refractivity contribution < 1.29 is 22.7 Å². The lowest BCUT2D eigenvalue weighted by atomic mass is 10.2. The molecule has 0 aliphatic heterocycles. The lowest BCUT2D eigenvalue weighted by molar-refractivity contribution is -0.116. The molecule has 12 heteroatoms. The van der Waals surface area contributed by atoms with Gasteiger partial charge in [0, 0.05) is 30.3 Å². The maximum atomic E-state index is 12.5. The number of hydrogen-bond acceptors (Lipinski definition) is 7. The highest BCUT2D eigenvalue weighted by Crippen LogP contribution is 2.29. The Kier molecular flexibility index (Phi) is 7.71. The molecule has 0 bridgehead atoms. The summed E-state index contributed by atoms with van der Waals surface area (Å²) in [5, 5.41) is 9.83. The highest BCUT2D eigenvalue weighted by molar-refractivity contribution is 7.92. The fourth-order valence-electron chi connectivity index (χ4n) is 3.10. The van der Waals surface area contributed by atoms with Gasteiger partial charge in [0.2, 0.25) is 15.9 Å². The third kappa shape index (κ3) is 6.56. The second-order valence-corrected chi connectivity index (χ2v) is 9.18. The molecule has 1 aromatic heterocycles. The van der Waals surface area contributed by atoms with E-state index in [1.807, 2.05) is 31.2 Å². The number of sulfonamides is 1. The highest BCUT2D eigenvalue weighted by Gasteiger charge is 2.13. The zero-order valence-electron chi connectivity index (χ0n) is 18.4. The summed E-state index contributed by atoms with van der Waals surface area (Å²) >= 11 is 5.33. The summed E-state index contributed by atoms with van der Waals surface area (Å²) in [6.07, 6.45) is 1.19. The molecule has 3 N–H and O–H groups in total. The first kappa shape index (κ1) is 24.3. The van der Waals surface area contributed by atoms with Gasteiger partial charge in [-0.05, 0) is 55.5 Å². The molecule has 1 amide bonds. The van der Waals surface area contributed by atoms with Crippen LogP contribution in [0.3, 0.4) is 0 Å². The van der Waals surface area contributed by atoms with Crippen molar-refractivity contribution in [1.82, 2.24) is 14.8 Å². The molecule has 2 aromatic carbocycles. The monoisotopic (exact) mass is 491 g/mol. The SMILES string of the molecule is CCOc1ccc(-c2n[nH]c(=S)n2CCC(=O)Nc2ccc(NS(C)(=O)=O)c(OC)c2)cc1. The molecule has 33 heavy (non-hydrogen) atoms. The van der Waals surface area contributed by atoms with Crippen molar-refractivity contribution in [3.63, 3.8) is 0 Å². The van der Waals surface area contributed by atoms with E-state index in [0.717, 1.165) is 17.6 Å². The number of methoxy groups -OCH3 is 1. The average Bonchev–Trinajstić information content (AvgIpc) is 3.13. The molecule has 3 rings (SSSR count). The van der Waals surface area contributed by atoms with Crippen molar-refractivity contribution in [1.29, 1.82) is 0 Å². The van der Waals surface area contributed by atoms with Gasteiger partial charge in [-0.25, -0.2) is 8.42 Å². The van der Waals surface area contributed by atoms with Crippen LogP contribution in [0.15, 0.2) is 42.5 Å². The Balaban J connectivity index is 1.68. The molecule has 176 valence electrons. The summed E-state index contributed by atoms with van der Waals surface area (Å²) in [6.45, 7) is 2.81. The van der Waals surface area contributed by atoms with E-state index in [4.69, 9.17) is 21.7 Å². The molecule has 0 fully saturated rings. The Morgan fingerprint density at radius 3 is 2.58 bits per heavy atom. The number of hydrogen-bond donors (Lipinski definition) is 3. The number of carbonyl (C=O) groups excluding carboxylic acids is 1. The molecule has 3 aromatic rings. The number of benzene rings is 2. The summed E-state index contributed by atoms with van der Waals surface area (Å²) < 4.78 is 38.2. The first-order chi connectivity index (χ1) is 15.7. The van der Waals surface area contributed by atoms with Gasteiger partial charge in [0.1, 0.15) is 11.5 Å². The minimum Gasteiger partial charge on any atom is -0.494 e. The number of nitrogens with one attached hydrogen (secondary N) is 3. The number of aromatic amines is 1. The fraction of sp³-hybridized carbons (Fsp3) is 0.286. The quantitative estimate of drug-likeness (QED) is 0.371. The van der Waals surface area contributed by atoms with Crippen LogP contribution < -0.4 is 19.5 Å². The predicted molar refractivity (Wildman–Crippen MR) is 129 cm³/mol. The number of anilines is 2. The number of aromatic nitrogens is 3. The number of H-pyrrole nitrogens is 1. The molecule has 0 radical (unpaired) electrons. The van der Waals surface area contributed by atoms with E-state index in [1.165, 1.54) is 13.2 Å². The molecule has 0 aliphatic rings. The van der Waals surface area contributed by atoms with Crippen molar-refractivity contribution >= 4 is 39.5 Å². The van der Waals surface area contributed by atoms with Gasteiger partial charge in [-0.2, -0.15) is 5.10 Å². The molecule has 0 aliphatic carbocycles. The molecule has 10 nitrogen and oxygen atoms in total. The number of nitrogens with zero attached hydrogens (tertiary/aromatic N) is 2. The van der Waals surface area contributed by atoms with E-state index in [2.05, 4.69) is 20.2 Å². The van der Waals surface area contributed by atoms with Crippen molar-refractivity contribution in [2.75, 3.05) is 30.0 Å². The molecule has 0 atom stereocenters. The summed E-state index contributed by atoms with van der Waals surface area (Å²) in [4.78, 5) is 12.5. The fourth-order valence-corrected chi connectivity index (χ4v) is 3.89. The van der Waals surface area contributed by atoms with E-state index < -0.39 is 10.0 Å². The largest absolute Gasteiger partial charge is 0.494 e. The molecule has 1 heterocycles. The zero-order valence-corrected chi connectivity index (χ0v) is 20.0. The smallest absolute Gasteiger partial charge is 0.229 e. The topological polar surface area (TPSA) is 127 Å². The summed E-state index contributed by atoms with van der Waals surface area (Å²) in [5.74, 6) is 1.41. The van der Waals surface area contributed by atoms with Gasteiger partial charge in [0.05, 0.1) is 25.7 Å². The molecule has 0 unspecified atom stereocenters. The third-order valence-electron chi connectivity index (χ3n) is 4.52. The lowest BCUT2D eigenvalue weighted by Gasteiger charge is -2.13. The van der Waals surface area contributed by atoms with Crippen LogP contribution in [0.1, 0.15) is 13.3 Å². The number of carbonyl (C=O) groups is 1.